The Kier molecular flexibility index (Phi) is 3.97. The molecule has 90 valence electrons. The van der Waals surface area contributed by atoms with Gasteiger partial charge in [-0.25, -0.2) is 0 Å². The quantitative estimate of drug-likeness (QED) is 0.859. The fraction of sp³-hybridized carbons (Fsp3) is 0.333. The molecule has 0 aliphatic rings. The molecule has 0 aliphatic carbocycles. The predicted octanol–water partition coefficient (Wildman–Crippen LogP) is 4.15. The molecule has 1 atom stereocenters. The van der Waals surface area contributed by atoms with E-state index in [4.69, 9.17) is 0 Å². The third-order valence-corrected chi connectivity index (χ3v) is 3.73. The minimum absolute atomic E-state index is 0.397. The van der Waals surface area contributed by atoms with Crippen LogP contribution >= 0.6 is 11.3 Å². The van der Waals surface area contributed by atoms with E-state index in [1.807, 2.05) is 17.5 Å². The lowest BCUT2D eigenvalue weighted by atomic mass is 9.98. The average molecular weight is 246 g/mol. The molecule has 2 aromatic rings. The van der Waals surface area contributed by atoms with Crippen LogP contribution in [0.3, 0.4) is 0 Å². The Hall–Kier alpha value is -1.12. The Bertz CT molecular complexity index is 442. The van der Waals surface area contributed by atoms with E-state index in [2.05, 4.69) is 37.4 Å². The Labute approximate surface area is 107 Å². The van der Waals surface area contributed by atoms with E-state index < -0.39 is 6.10 Å². The van der Waals surface area contributed by atoms with E-state index in [0.717, 1.165) is 5.56 Å². The Balaban J connectivity index is 2.06. The van der Waals surface area contributed by atoms with Crippen molar-refractivity contribution >= 4 is 11.3 Å². The molecule has 1 heterocycles. The summed E-state index contributed by atoms with van der Waals surface area (Å²) in [5.41, 5.74) is 3.52. The Morgan fingerprint density at radius 2 is 1.71 bits per heavy atom. The summed E-state index contributed by atoms with van der Waals surface area (Å²) in [6.45, 7) is 4.35. The van der Waals surface area contributed by atoms with Crippen molar-refractivity contribution in [1.82, 2.24) is 0 Å². The molecule has 0 radical (unpaired) electrons. The topological polar surface area (TPSA) is 20.2 Å². The van der Waals surface area contributed by atoms with Gasteiger partial charge in [0.1, 0.15) is 0 Å². The molecule has 2 rings (SSSR count). The van der Waals surface area contributed by atoms with Gasteiger partial charge in [-0.1, -0.05) is 38.1 Å². The monoisotopic (exact) mass is 246 g/mol. The summed E-state index contributed by atoms with van der Waals surface area (Å²) in [6.07, 6.45) is 0.302. The molecule has 0 aliphatic heterocycles. The van der Waals surface area contributed by atoms with Gasteiger partial charge in [0.25, 0.3) is 0 Å². The second kappa shape index (κ2) is 5.48. The van der Waals surface area contributed by atoms with Gasteiger partial charge in [-0.3, -0.25) is 0 Å². The summed E-state index contributed by atoms with van der Waals surface area (Å²) in [5.74, 6) is 0.540. The zero-order valence-corrected chi connectivity index (χ0v) is 11.1. The van der Waals surface area contributed by atoms with Gasteiger partial charge >= 0.3 is 0 Å². The van der Waals surface area contributed by atoms with Gasteiger partial charge in [0.15, 0.2) is 0 Å². The highest BCUT2D eigenvalue weighted by Crippen LogP contribution is 2.22. The first-order valence-electron chi connectivity index (χ1n) is 5.96. The Morgan fingerprint density at radius 1 is 1.06 bits per heavy atom. The van der Waals surface area contributed by atoms with E-state index in [1.54, 1.807) is 11.3 Å². The third-order valence-electron chi connectivity index (χ3n) is 3.00. The molecule has 17 heavy (non-hydrogen) atoms. The maximum Gasteiger partial charge on any atom is 0.0830 e. The molecule has 1 N–H and O–H groups in total. The van der Waals surface area contributed by atoms with Crippen molar-refractivity contribution in [3.05, 3.63) is 57.8 Å². The van der Waals surface area contributed by atoms with Crippen LogP contribution in [0.15, 0.2) is 41.1 Å². The minimum Gasteiger partial charge on any atom is -0.388 e. The first-order chi connectivity index (χ1) is 8.16. The maximum absolute atomic E-state index is 10.1. The van der Waals surface area contributed by atoms with Crippen LogP contribution < -0.4 is 0 Å². The summed E-state index contributed by atoms with van der Waals surface area (Å²) in [5, 5.41) is 14.3. The van der Waals surface area contributed by atoms with Crippen LogP contribution in [-0.2, 0) is 6.42 Å². The van der Waals surface area contributed by atoms with Crippen molar-refractivity contribution in [2.24, 2.45) is 0 Å². The third kappa shape index (κ3) is 3.18. The number of hydrogen-bond donors (Lipinski definition) is 1. The lowest BCUT2D eigenvalue weighted by Gasteiger charge is -2.12. The van der Waals surface area contributed by atoms with E-state index in [-0.39, 0.29) is 0 Å². The van der Waals surface area contributed by atoms with E-state index in [1.165, 1.54) is 11.1 Å². The van der Waals surface area contributed by atoms with Crippen LogP contribution in [0.4, 0.5) is 0 Å². The van der Waals surface area contributed by atoms with Crippen molar-refractivity contribution in [3.63, 3.8) is 0 Å². The Morgan fingerprint density at radius 3 is 2.24 bits per heavy atom. The van der Waals surface area contributed by atoms with Crippen molar-refractivity contribution in [1.29, 1.82) is 0 Å². The van der Waals surface area contributed by atoms with Crippen molar-refractivity contribution < 1.29 is 5.11 Å². The molecular formula is C15H18OS. The first kappa shape index (κ1) is 12.3. The molecule has 0 saturated heterocycles. The summed E-state index contributed by atoms with van der Waals surface area (Å²) in [4.78, 5) is 0. The lowest BCUT2D eigenvalue weighted by Crippen LogP contribution is -2.01. The van der Waals surface area contributed by atoms with Crippen LogP contribution in [0.5, 0.6) is 0 Å². The number of benzene rings is 1. The predicted molar refractivity (Wildman–Crippen MR) is 73.5 cm³/mol. The first-order valence-corrected chi connectivity index (χ1v) is 6.90. The molecule has 0 saturated carbocycles. The molecule has 0 fully saturated rings. The number of rotatable bonds is 4. The smallest absolute Gasteiger partial charge is 0.0830 e. The van der Waals surface area contributed by atoms with Crippen LogP contribution in [0.1, 0.15) is 42.6 Å². The summed E-state index contributed by atoms with van der Waals surface area (Å²) < 4.78 is 0. The molecular weight excluding hydrogens is 228 g/mol. The molecule has 1 aromatic carbocycles. The van der Waals surface area contributed by atoms with E-state index >= 15 is 0 Å². The standard InChI is InChI=1S/C15H18OS/c1-11(2)13-3-5-14(6-4-13)15(16)9-12-7-8-17-10-12/h3-8,10-11,15-16H,9H2,1-2H3. The second-order valence-electron chi connectivity index (χ2n) is 4.67. The van der Waals surface area contributed by atoms with Gasteiger partial charge in [-0.15, -0.1) is 0 Å². The average Bonchev–Trinajstić information content (AvgIpc) is 2.82. The second-order valence-corrected chi connectivity index (χ2v) is 5.45. The largest absolute Gasteiger partial charge is 0.388 e. The van der Waals surface area contributed by atoms with Gasteiger partial charge in [-0.2, -0.15) is 11.3 Å². The van der Waals surface area contributed by atoms with Gasteiger partial charge in [0.05, 0.1) is 6.10 Å². The van der Waals surface area contributed by atoms with Gasteiger partial charge in [-0.05, 0) is 39.4 Å². The van der Waals surface area contributed by atoms with Crippen LogP contribution in [0.25, 0.3) is 0 Å². The highest BCUT2D eigenvalue weighted by atomic mass is 32.1. The molecule has 1 unspecified atom stereocenters. The maximum atomic E-state index is 10.1. The highest BCUT2D eigenvalue weighted by molar-refractivity contribution is 7.07. The van der Waals surface area contributed by atoms with Gasteiger partial charge in [0.2, 0.25) is 0 Å². The van der Waals surface area contributed by atoms with Crippen molar-refractivity contribution in [3.8, 4) is 0 Å². The fourth-order valence-electron chi connectivity index (χ4n) is 1.85. The summed E-state index contributed by atoms with van der Waals surface area (Å²) >= 11 is 1.67. The summed E-state index contributed by atoms with van der Waals surface area (Å²) in [6, 6.07) is 10.3. The number of thiophene rings is 1. The normalized spacial score (nSPS) is 12.9. The molecule has 2 heteroatoms. The van der Waals surface area contributed by atoms with Crippen LogP contribution in [0.2, 0.25) is 0 Å². The molecule has 0 bridgehead atoms. The molecule has 0 amide bonds. The van der Waals surface area contributed by atoms with Crippen LogP contribution in [-0.4, -0.2) is 5.11 Å². The molecule has 1 aromatic heterocycles. The zero-order valence-electron chi connectivity index (χ0n) is 10.3. The van der Waals surface area contributed by atoms with Gasteiger partial charge in [0, 0.05) is 6.42 Å². The van der Waals surface area contributed by atoms with E-state index in [9.17, 15) is 5.11 Å². The molecule has 1 nitrogen and oxygen atoms in total. The number of hydrogen-bond acceptors (Lipinski definition) is 2. The zero-order chi connectivity index (χ0) is 12.3. The van der Waals surface area contributed by atoms with E-state index in [0.29, 0.717) is 12.3 Å². The summed E-state index contributed by atoms with van der Waals surface area (Å²) in [7, 11) is 0. The highest BCUT2D eigenvalue weighted by Gasteiger charge is 2.09. The van der Waals surface area contributed by atoms with Crippen molar-refractivity contribution in [2.75, 3.05) is 0 Å². The molecule has 0 spiro atoms. The van der Waals surface area contributed by atoms with Gasteiger partial charge < -0.3 is 5.11 Å². The minimum atomic E-state index is -0.397. The number of aliphatic hydroxyl groups excluding tert-OH is 1. The van der Waals surface area contributed by atoms with Crippen LogP contribution in [0, 0.1) is 0 Å². The number of aliphatic hydroxyl groups is 1. The fourth-order valence-corrected chi connectivity index (χ4v) is 2.53. The van der Waals surface area contributed by atoms with Crippen molar-refractivity contribution in [2.45, 2.75) is 32.3 Å². The SMILES string of the molecule is CC(C)c1ccc(C(O)Cc2ccsc2)cc1. The lowest BCUT2D eigenvalue weighted by molar-refractivity contribution is 0.178.